The van der Waals surface area contributed by atoms with Crippen molar-refractivity contribution in [3.8, 4) is 0 Å². The average molecular weight is 315 g/mol. The van der Waals surface area contributed by atoms with Crippen LogP contribution in [0.15, 0.2) is 0 Å². The van der Waals surface area contributed by atoms with Crippen LogP contribution in [0.4, 0.5) is 0 Å². The van der Waals surface area contributed by atoms with Gasteiger partial charge in [-0.25, -0.2) is 0 Å². The molecule has 1 saturated carbocycles. The second-order valence-electron chi connectivity index (χ2n) is 5.49. The molecule has 0 aromatic carbocycles. The zero-order chi connectivity index (χ0) is 15.1. The monoisotopic (exact) mass is 315 g/mol. The number of methoxy groups -OCH3 is 1. The van der Waals surface area contributed by atoms with E-state index in [4.69, 9.17) is 4.74 Å². The van der Waals surface area contributed by atoms with Gasteiger partial charge in [-0.05, 0) is 12.8 Å². The highest BCUT2D eigenvalue weighted by Crippen LogP contribution is 2.32. The lowest BCUT2D eigenvalue weighted by Crippen LogP contribution is -2.50. The first kappa shape index (κ1) is 16.6. The topological polar surface area (TPSA) is 70.7 Å². The molecule has 0 bridgehead atoms. The Morgan fingerprint density at radius 1 is 1.29 bits per heavy atom. The summed E-state index contributed by atoms with van der Waals surface area (Å²) >= 11 is 1.66. The van der Waals surface area contributed by atoms with Crippen molar-refractivity contribution in [2.24, 2.45) is 5.92 Å². The van der Waals surface area contributed by atoms with Crippen LogP contribution in [-0.2, 0) is 14.3 Å². The number of nitrogens with one attached hydrogen (secondary N) is 2. The molecule has 21 heavy (non-hydrogen) atoms. The van der Waals surface area contributed by atoms with Gasteiger partial charge in [0.05, 0.1) is 12.5 Å². The van der Waals surface area contributed by atoms with Crippen molar-refractivity contribution >= 4 is 23.6 Å². The van der Waals surface area contributed by atoms with E-state index in [-0.39, 0.29) is 23.8 Å². The van der Waals surface area contributed by atoms with Gasteiger partial charge in [-0.15, -0.1) is 11.8 Å². The molecule has 1 aliphatic carbocycles. The zero-order valence-corrected chi connectivity index (χ0v) is 13.4. The third-order valence-electron chi connectivity index (χ3n) is 4.01. The van der Waals surface area contributed by atoms with Gasteiger partial charge in [-0.2, -0.15) is 0 Å². The predicted molar refractivity (Wildman–Crippen MR) is 83.1 cm³/mol. The van der Waals surface area contributed by atoms with E-state index in [0.29, 0.717) is 31.3 Å². The maximum Gasteiger partial charge on any atom is 0.243 e. The van der Waals surface area contributed by atoms with E-state index in [1.807, 2.05) is 0 Å². The number of hydrogen-bond acceptors (Lipinski definition) is 5. The molecule has 120 valence electrons. The average Bonchev–Trinajstić information content (AvgIpc) is 2.89. The minimum atomic E-state index is -0.290. The Bertz CT molecular complexity index is 363. The number of rotatable bonds is 8. The van der Waals surface area contributed by atoms with E-state index >= 15 is 0 Å². The second kappa shape index (κ2) is 8.60. The van der Waals surface area contributed by atoms with Crippen molar-refractivity contribution in [3.05, 3.63) is 0 Å². The number of thioether (sulfide) groups is 1. The largest absolute Gasteiger partial charge is 0.383 e. The summed E-state index contributed by atoms with van der Waals surface area (Å²) < 4.78 is 4.93. The predicted octanol–water partition coefficient (Wildman–Crippen LogP) is 0.0402. The van der Waals surface area contributed by atoms with Gasteiger partial charge < -0.3 is 20.3 Å². The van der Waals surface area contributed by atoms with E-state index in [9.17, 15) is 9.59 Å². The SMILES string of the molecule is COCCNCCNC(=O)C1CSCN1C(=O)C1CCC1. The Kier molecular flexibility index (Phi) is 6.79. The molecule has 2 N–H and O–H groups in total. The summed E-state index contributed by atoms with van der Waals surface area (Å²) in [5, 5.41) is 6.09. The molecule has 2 fully saturated rings. The van der Waals surface area contributed by atoms with Gasteiger partial charge in [0, 0.05) is 38.4 Å². The molecule has 2 aliphatic rings. The molecule has 0 aromatic heterocycles. The van der Waals surface area contributed by atoms with Crippen molar-refractivity contribution in [3.63, 3.8) is 0 Å². The molecule has 1 atom stereocenters. The fourth-order valence-electron chi connectivity index (χ4n) is 2.46. The maximum atomic E-state index is 12.3. The molecule has 2 amide bonds. The van der Waals surface area contributed by atoms with Crippen molar-refractivity contribution < 1.29 is 14.3 Å². The first-order valence-corrected chi connectivity index (χ1v) is 8.75. The van der Waals surface area contributed by atoms with Crippen LogP contribution >= 0.6 is 11.8 Å². The van der Waals surface area contributed by atoms with Crippen molar-refractivity contribution in [1.29, 1.82) is 0 Å². The van der Waals surface area contributed by atoms with E-state index in [2.05, 4.69) is 10.6 Å². The summed E-state index contributed by atoms with van der Waals surface area (Å²) in [6.07, 6.45) is 3.11. The van der Waals surface area contributed by atoms with E-state index in [0.717, 1.165) is 25.8 Å². The third-order valence-corrected chi connectivity index (χ3v) is 5.02. The normalized spacial score (nSPS) is 22.1. The number of amides is 2. The van der Waals surface area contributed by atoms with E-state index < -0.39 is 0 Å². The molecule has 6 nitrogen and oxygen atoms in total. The van der Waals surface area contributed by atoms with Crippen LogP contribution in [0.5, 0.6) is 0 Å². The van der Waals surface area contributed by atoms with E-state index in [1.165, 1.54) is 0 Å². The molecular formula is C14H25N3O3S. The van der Waals surface area contributed by atoms with Crippen molar-refractivity contribution in [2.75, 3.05) is 45.0 Å². The molecule has 7 heteroatoms. The first-order valence-electron chi connectivity index (χ1n) is 7.59. The first-order chi connectivity index (χ1) is 10.2. The highest BCUT2D eigenvalue weighted by Gasteiger charge is 2.38. The summed E-state index contributed by atoms with van der Waals surface area (Å²) in [5.74, 6) is 1.67. The Labute approximate surface area is 130 Å². The molecule has 0 radical (unpaired) electrons. The quantitative estimate of drug-likeness (QED) is 0.619. The van der Waals surface area contributed by atoms with Crippen LogP contribution in [0.2, 0.25) is 0 Å². The van der Waals surface area contributed by atoms with Gasteiger partial charge in [0.25, 0.3) is 0 Å². The summed E-state index contributed by atoms with van der Waals surface area (Å²) in [5.41, 5.74) is 0. The lowest BCUT2D eigenvalue weighted by atomic mass is 9.84. The molecule has 2 rings (SSSR count). The Morgan fingerprint density at radius 2 is 2.10 bits per heavy atom. The number of hydrogen-bond donors (Lipinski definition) is 2. The summed E-state index contributed by atoms with van der Waals surface area (Å²) in [6, 6.07) is -0.290. The Hall–Kier alpha value is -0.790. The summed E-state index contributed by atoms with van der Waals surface area (Å²) in [4.78, 5) is 26.3. The molecule has 0 spiro atoms. The van der Waals surface area contributed by atoms with Crippen molar-refractivity contribution in [1.82, 2.24) is 15.5 Å². The van der Waals surface area contributed by atoms with Gasteiger partial charge in [-0.3, -0.25) is 9.59 Å². The van der Waals surface area contributed by atoms with Gasteiger partial charge in [-0.1, -0.05) is 6.42 Å². The highest BCUT2D eigenvalue weighted by atomic mass is 32.2. The van der Waals surface area contributed by atoms with Crippen molar-refractivity contribution in [2.45, 2.75) is 25.3 Å². The fourth-order valence-corrected chi connectivity index (χ4v) is 3.62. The number of ether oxygens (including phenoxy) is 1. The Morgan fingerprint density at radius 3 is 2.76 bits per heavy atom. The van der Waals surface area contributed by atoms with Crippen LogP contribution in [0, 0.1) is 5.92 Å². The maximum absolute atomic E-state index is 12.3. The lowest BCUT2D eigenvalue weighted by molar-refractivity contribution is -0.143. The summed E-state index contributed by atoms with van der Waals surface area (Å²) in [6.45, 7) is 2.73. The van der Waals surface area contributed by atoms with Crippen LogP contribution in [-0.4, -0.2) is 67.7 Å². The molecule has 1 unspecified atom stereocenters. The van der Waals surface area contributed by atoms with Gasteiger partial charge in [0.15, 0.2) is 0 Å². The van der Waals surface area contributed by atoms with Crippen LogP contribution in [0.25, 0.3) is 0 Å². The number of carbonyl (C=O) groups excluding carboxylic acids is 2. The fraction of sp³-hybridized carbons (Fsp3) is 0.857. The number of nitrogens with zero attached hydrogens (tertiary/aromatic N) is 1. The molecule has 1 saturated heterocycles. The van der Waals surface area contributed by atoms with Crippen LogP contribution in [0.1, 0.15) is 19.3 Å². The van der Waals surface area contributed by atoms with Gasteiger partial charge in [0.2, 0.25) is 11.8 Å². The lowest BCUT2D eigenvalue weighted by Gasteiger charge is -2.31. The van der Waals surface area contributed by atoms with Gasteiger partial charge >= 0.3 is 0 Å². The second-order valence-corrected chi connectivity index (χ2v) is 6.49. The number of carbonyl (C=O) groups is 2. The van der Waals surface area contributed by atoms with Crippen LogP contribution in [0.3, 0.4) is 0 Å². The minimum absolute atomic E-state index is 0.0267. The van der Waals surface area contributed by atoms with Crippen LogP contribution < -0.4 is 10.6 Å². The standard InChI is InChI=1S/C14H25N3O3S/c1-20-8-7-15-5-6-16-13(18)12-9-21-10-17(12)14(19)11-3-2-4-11/h11-12,15H,2-10H2,1H3,(H,16,18). The zero-order valence-electron chi connectivity index (χ0n) is 12.6. The van der Waals surface area contributed by atoms with Gasteiger partial charge in [0.1, 0.15) is 6.04 Å². The Balaban J connectivity index is 1.69. The molecule has 1 aliphatic heterocycles. The third kappa shape index (κ3) is 4.59. The molecule has 1 heterocycles. The molecular weight excluding hydrogens is 290 g/mol. The van der Waals surface area contributed by atoms with E-state index in [1.54, 1.807) is 23.8 Å². The minimum Gasteiger partial charge on any atom is -0.383 e. The molecule has 0 aromatic rings. The summed E-state index contributed by atoms with van der Waals surface area (Å²) in [7, 11) is 1.66. The smallest absolute Gasteiger partial charge is 0.243 e. The highest BCUT2D eigenvalue weighted by molar-refractivity contribution is 7.99.